The fraction of sp³-hybridized carbons (Fsp3) is 0.385. The van der Waals surface area contributed by atoms with Gasteiger partial charge >= 0.3 is 12.0 Å². The van der Waals surface area contributed by atoms with Gasteiger partial charge in [-0.25, -0.2) is 4.79 Å². The number of hydrogen-bond acceptors (Lipinski definition) is 2. The van der Waals surface area contributed by atoms with Crippen molar-refractivity contribution in [2.45, 2.75) is 26.8 Å². The molecule has 1 atom stereocenters. The normalized spacial score (nSPS) is 11.7. The van der Waals surface area contributed by atoms with Crippen LogP contribution < -0.4 is 10.2 Å². The molecule has 0 saturated carbocycles. The molecule has 0 aliphatic rings. The molecule has 0 saturated heterocycles. The van der Waals surface area contributed by atoms with Gasteiger partial charge in [-0.3, -0.25) is 9.69 Å². The lowest BCUT2D eigenvalue weighted by Gasteiger charge is -2.23. The molecule has 0 aliphatic carbocycles. The van der Waals surface area contributed by atoms with E-state index in [2.05, 4.69) is 5.32 Å². The van der Waals surface area contributed by atoms with Crippen molar-refractivity contribution in [3.05, 3.63) is 29.8 Å². The maximum atomic E-state index is 12.0. The molecule has 0 bridgehead atoms. The molecule has 1 aromatic carbocycles. The van der Waals surface area contributed by atoms with E-state index in [1.165, 1.54) is 11.8 Å². The third-order valence-corrected chi connectivity index (χ3v) is 2.59. The quantitative estimate of drug-likeness (QED) is 0.858. The molecule has 0 aromatic heterocycles. The Balaban J connectivity index is 2.83. The molecule has 0 fully saturated rings. The molecular formula is C13H18N2O3. The predicted molar refractivity (Wildman–Crippen MR) is 69.8 cm³/mol. The number of anilines is 1. The Morgan fingerprint density at radius 2 is 2.11 bits per heavy atom. The number of carboxylic acid groups (broad SMARTS) is 1. The average Bonchev–Trinajstić information content (AvgIpc) is 2.29. The van der Waals surface area contributed by atoms with Crippen molar-refractivity contribution in [2.75, 3.05) is 11.4 Å². The standard InChI is InChI=1S/C13H18N2O3/c1-4-15(11-7-5-6-9(2)8-11)13(18)14-10(3)12(16)17/h5-8,10H,4H2,1-3H3,(H,14,18)(H,16,17)/t10-/m0/s1. The van der Waals surface area contributed by atoms with Crippen LogP contribution in [-0.4, -0.2) is 29.7 Å². The Morgan fingerprint density at radius 3 is 2.61 bits per heavy atom. The molecule has 2 N–H and O–H groups in total. The van der Waals surface area contributed by atoms with Crippen molar-refractivity contribution in [1.82, 2.24) is 5.32 Å². The molecule has 5 nitrogen and oxygen atoms in total. The van der Waals surface area contributed by atoms with Crippen LogP contribution in [0.3, 0.4) is 0 Å². The van der Waals surface area contributed by atoms with Gasteiger partial charge < -0.3 is 10.4 Å². The van der Waals surface area contributed by atoms with Crippen molar-refractivity contribution < 1.29 is 14.7 Å². The van der Waals surface area contributed by atoms with Crippen molar-refractivity contribution >= 4 is 17.7 Å². The number of carboxylic acids is 1. The first kappa shape index (κ1) is 14.0. The summed E-state index contributed by atoms with van der Waals surface area (Å²) >= 11 is 0. The number of urea groups is 1. The van der Waals surface area contributed by atoms with E-state index in [0.29, 0.717) is 6.54 Å². The molecule has 0 unspecified atom stereocenters. The SMILES string of the molecule is CCN(C(=O)N[C@@H](C)C(=O)O)c1cccc(C)c1. The Morgan fingerprint density at radius 1 is 1.44 bits per heavy atom. The lowest BCUT2D eigenvalue weighted by atomic mass is 10.2. The lowest BCUT2D eigenvalue weighted by molar-refractivity contribution is -0.138. The highest BCUT2D eigenvalue weighted by molar-refractivity contribution is 5.94. The van der Waals surface area contributed by atoms with Crippen molar-refractivity contribution in [3.63, 3.8) is 0 Å². The van der Waals surface area contributed by atoms with Gasteiger partial charge in [0.05, 0.1) is 0 Å². The molecule has 2 amide bonds. The van der Waals surface area contributed by atoms with E-state index in [1.54, 1.807) is 0 Å². The van der Waals surface area contributed by atoms with Gasteiger partial charge in [0.15, 0.2) is 0 Å². The van der Waals surface area contributed by atoms with Gasteiger partial charge in [-0.15, -0.1) is 0 Å². The third kappa shape index (κ3) is 3.48. The van der Waals surface area contributed by atoms with Crippen LogP contribution in [0.4, 0.5) is 10.5 Å². The number of hydrogen-bond donors (Lipinski definition) is 2. The lowest BCUT2D eigenvalue weighted by Crippen LogP contribution is -2.46. The minimum atomic E-state index is -1.05. The average molecular weight is 250 g/mol. The van der Waals surface area contributed by atoms with Crippen molar-refractivity contribution in [3.8, 4) is 0 Å². The summed E-state index contributed by atoms with van der Waals surface area (Å²) in [5, 5.41) is 11.2. The van der Waals surface area contributed by atoms with Crippen molar-refractivity contribution in [2.24, 2.45) is 0 Å². The molecule has 0 spiro atoms. The van der Waals surface area contributed by atoms with Gasteiger partial charge in [0.1, 0.15) is 6.04 Å². The maximum Gasteiger partial charge on any atom is 0.325 e. The number of aryl methyl sites for hydroxylation is 1. The zero-order valence-electron chi connectivity index (χ0n) is 10.8. The first-order valence-corrected chi connectivity index (χ1v) is 5.83. The maximum absolute atomic E-state index is 12.0. The Hall–Kier alpha value is -2.04. The summed E-state index contributed by atoms with van der Waals surface area (Å²) in [7, 11) is 0. The van der Waals surface area contributed by atoms with Gasteiger partial charge in [0.25, 0.3) is 0 Å². The highest BCUT2D eigenvalue weighted by atomic mass is 16.4. The summed E-state index contributed by atoms with van der Waals surface area (Å²) in [6.07, 6.45) is 0. The monoisotopic (exact) mass is 250 g/mol. The van der Waals surface area contributed by atoms with E-state index >= 15 is 0 Å². The molecule has 0 aliphatic heterocycles. The molecular weight excluding hydrogens is 232 g/mol. The van der Waals surface area contributed by atoms with Crippen LogP contribution in [0.15, 0.2) is 24.3 Å². The summed E-state index contributed by atoms with van der Waals surface area (Å²) < 4.78 is 0. The summed E-state index contributed by atoms with van der Waals surface area (Å²) in [6, 6.07) is 6.20. The summed E-state index contributed by atoms with van der Waals surface area (Å²) in [6.45, 7) is 5.69. The zero-order valence-corrected chi connectivity index (χ0v) is 10.8. The van der Waals surface area contributed by atoms with Crippen LogP contribution >= 0.6 is 0 Å². The third-order valence-electron chi connectivity index (χ3n) is 2.59. The number of aliphatic carboxylic acids is 1. The van der Waals surface area contributed by atoms with Crippen LogP contribution in [-0.2, 0) is 4.79 Å². The summed E-state index contributed by atoms with van der Waals surface area (Å²) in [5.41, 5.74) is 1.80. The fourth-order valence-electron chi connectivity index (χ4n) is 1.56. The molecule has 18 heavy (non-hydrogen) atoms. The highest BCUT2D eigenvalue weighted by Gasteiger charge is 2.19. The van der Waals surface area contributed by atoms with Gasteiger partial charge in [0, 0.05) is 12.2 Å². The number of nitrogens with zero attached hydrogens (tertiary/aromatic N) is 1. The van der Waals surface area contributed by atoms with Gasteiger partial charge in [-0.05, 0) is 38.5 Å². The topological polar surface area (TPSA) is 69.6 Å². The van der Waals surface area contributed by atoms with E-state index in [1.807, 2.05) is 38.1 Å². The molecule has 5 heteroatoms. The van der Waals surface area contributed by atoms with Crippen molar-refractivity contribution in [1.29, 1.82) is 0 Å². The van der Waals surface area contributed by atoms with E-state index in [9.17, 15) is 9.59 Å². The number of nitrogens with one attached hydrogen (secondary N) is 1. The Labute approximate surface area is 106 Å². The summed E-state index contributed by atoms with van der Waals surface area (Å²) in [4.78, 5) is 24.2. The first-order valence-electron chi connectivity index (χ1n) is 5.83. The van der Waals surface area contributed by atoms with Crippen LogP contribution in [0.25, 0.3) is 0 Å². The van der Waals surface area contributed by atoms with E-state index in [0.717, 1.165) is 11.3 Å². The number of carbonyl (C=O) groups excluding carboxylic acids is 1. The number of carbonyl (C=O) groups is 2. The van der Waals surface area contributed by atoms with Gasteiger partial charge in [-0.1, -0.05) is 12.1 Å². The largest absolute Gasteiger partial charge is 0.480 e. The smallest absolute Gasteiger partial charge is 0.325 e. The number of rotatable bonds is 4. The van der Waals surface area contributed by atoms with Gasteiger partial charge in [-0.2, -0.15) is 0 Å². The Kier molecular flexibility index (Phi) is 4.71. The molecule has 1 rings (SSSR count). The van der Waals surface area contributed by atoms with Crippen LogP contribution in [0.2, 0.25) is 0 Å². The van der Waals surface area contributed by atoms with E-state index < -0.39 is 18.0 Å². The summed E-state index contributed by atoms with van der Waals surface area (Å²) in [5.74, 6) is -1.05. The second kappa shape index (κ2) is 6.05. The highest BCUT2D eigenvalue weighted by Crippen LogP contribution is 2.15. The second-order valence-electron chi connectivity index (χ2n) is 4.09. The fourth-order valence-corrected chi connectivity index (χ4v) is 1.56. The minimum absolute atomic E-state index is 0.405. The first-order chi connectivity index (χ1) is 8.45. The Bertz CT molecular complexity index is 446. The van der Waals surface area contributed by atoms with E-state index in [-0.39, 0.29) is 0 Å². The van der Waals surface area contributed by atoms with Crippen LogP contribution in [0.1, 0.15) is 19.4 Å². The van der Waals surface area contributed by atoms with E-state index in [4.69, 9.17) is 5.11 Å². The number of amides is 2. The zero-order chi connectivity index (χ0) is 13.7. The molecule has 0 heterocycles. The molecule has 98 valence electrons. The van der Waals surface area contributed by atoms with Crippen LogP contribution in [0.5, 0.6) is 0 Å². The van der Waals surface area contributed by atoms with Gasteiger partial charge in [0.2, 0.25) is 0 Å². The second-order valence-corrected chi connectivity index (χ2v) is 4.09. The van der Waals surface area contributed by atoms with Crippen LogP contribution in [0, 0.1) is 6.92 Å². The number of benzene rings is 1. The minimum Gasteiger partial charge on any atom is -0.480 e. The molecule has 0 radical (unpaired) electrons. The molecule has 1 aromatic rings. The predicted octanol–water partition coefficient (Wildman–Crippen LogP) is 2.00.